The van der Waals surface area contributed by atoms with E-state index in [1.54, 1.807) is 40.0 Å². The quantitative estimate of drug-likeness (QED) is 0.263. The van der Waals surface area contributed by atoms with E-state index in [0.717, 1.165) is 11.3 Å². The minimum Gasteiger partial charge on any atom is -0.471 e. The molecular weight excluding hydrogens is 553 g/mol. The molecule has 0 unspecified atom stereocenters. The molecule has 0 spiro atoms. The van der Waals surface area contributed by atoms with Crippen LogP contribution in [0.2, 0.25) is 10.0 Å². The van der Waals surface area contributed by atoms with E-state index in [4.69, 9.17) is 27.9 Å². The summed E-state index contributed by atoms with van der Waals surface area (Å²) in [5, 5.41) is 12.5. The smallest absolute Gasteiger partial charge is 0.277 e. The lowest BCUT2D eigenvalue weighted by atomic mass is 9.87. The van der Waals surface area contributed by atoms with E-state index in [1.165, 1.54) is 5.56 Å². The van der Waals surface area contributed by atoms with Crippen molar-refractivity contribution in [2.24, 2.45) is 0 Å². The number of rotatable bonds is 7. The van der Waals surface area contributed by atoms with Crippen LogP contribution in [0.25, 0.3) is 0 Å². The molecular formula is C25H24BrCl2N5O2. The van der Waals surface area contributed by atoms with Gasteiger partial charge in [-0.15, -0.1) is 0 Å². The molecule has 4 rings (SSSR count). The Morgan fingerprint density at radius 2 is 1.77 bits per heavy atom. The fourth-order valence-electron chi connectivity index (χ4n) is 3.31. The average Bonchev–Trinajstić information content (AvgIpc) is 3.41. The molecule has 0 aliphatic heterocycles. The third kappa shape index (κ3) is 6.45. The monoisotopic (exact) mass is 575 g/mol. The maximum atomic E-state index is 12.7. The van der Waals surface area contributed by atoms with Crippen LogP contribution in [0.4, 0.5) is 5.82 Å². The number of nitrogens with one attached hydrogen (secondary N) is 1. The molecule has 0 radical (unpaired) electrons. The first-order valence-corrected chi connectivity index (χ1v) is 12.4. The number of nitrogens with zero attached hydrogens (tertiary/aromatic N) is 4. The van der Waals surface area contributed by atoms with E-state index in [-0.39, 0.29) is 23.7 Å². The van der Waals surface area contributed by atoms with Crippen LogP contribution in [-0.4, -0.2) is 25.5 Å². The van der Waals surface area contributed by atoms with Crippen LogP contribution in [0.15, 0.2) is 65.4 Å². The van der Waals surface area contributed by atoms with Gasteiger partial charge in [0.25, 0.3) is 5.91 Å². The first-order valence-electron chi connectivity index (χ1n) is 10.8. The lowest BCUT2D eigenvalue weighted by molar-refractivity contribution is 0.101. The molecule has 4 aromatic rings. The summed E-state index contributed by atoms with van der Waals surface area (Å²) >= 11 is 15.5. The van der Waals surface area contributed by atoms with Crippen LogP contribution in [0.3, 0.4) is 0 Å². The average molecular weight is 577 g/mol. The van der Waals surface area contributed by atoms with Crippen molar-refractivity contribution < 1.29 is 9.53 Å². The van der Waals surface area contributed by atoms with E-state index in [2.05, 4.69) is 64.3 Å². The van der Waals surface area contributed by atoms with Crippen molar-refractivity contribution in [2.75, 3.05) is 5.32 Å². The molecule has 0 saturated carbocycles. The number of anilines is 1. The molecule has 1 N–H and O–H groups in total. The third-order valence-corrected chi connectivity index (χ3v) is 6.55. The Morgan fingerprint density at radius 1 is 1.03 bits per heavy atom. The molecule has 7 nitrogen and oxygen atoms in total. The second-order valence-corrected chi connectivity index (χ2v) is 10.7. The van der Waals surface area contributed by atoms with Gasteiger partial charge in [0, 0.05) is 12.4 Å². The van der Waals surface area contributed by atoms with Gasteiger partial charge >= 0.3 is 0 Å². The Kier molecular flexibility index (Phi) is 7.54. The highest BCUT2D eigenvalue weighted by atomic mass is 79.9. The van der Waals surface area contributed by atoms with Crippen molar-refractivity contribution in [3.63, 3.8) is 0 Å². The van der Waals surface area contributed by atoms with E-state index >= 15 is 0 Å². The number of aromatic nitrogens is 4. The van der Waals surface area contributed by atoms with Crippen molar-refractivity contribution in [3.05, 3.63) is 92.3 Å². The summed E-state index contributed by atoms with van der Waals surface area (Å²) < 4.78 is 9.69. The number of hydrogen-bond donors (Lipinski definition) is 1. The molecule has 1 amide bonds. The number of halogens is 3. The Balaban J connectivity index is 1.35. The van der Waals surface area contributed by atoms with Gasteiger partial charge in [0.15, 0.2) is 18.2 Å². The molecule has 0 saturated heterocycles. The molecule has 2 heterocycles. The van der Waals surface area contributed by atoms with Crippen molar-refractivity contribution in [2.45, 2.75) is 39.5 Å². The van der Waals surface area contributed by atoms with Crippen LogP contribution in [0.5, 0.6) is 5.75 Å². The lowest BCUT2D eigenvalue weighted by Gasteiger charge is -2.19. The summed E-state index contributed by atoms with van der Waals surface area (Å²) in [6.07, 6.45) is 3.46. The summed E-state index contributed by atoms with van der Waals surface area (Å²) in [4.78, 5) is 12.7. The standard InChI is InChI=1S/C25H24BrCl2N5O2/c1-25(2,3)17-5-7-18(8-6-17)35-15-32-11-10-22(30-32)24(34)29-23-19(26)14-33(31-23)13-16-4-9-20(27)21(28)12-16/h4-12,14H,13,15H2,1-3H3,(H,29,31,34). The normalized spacial score (nSPS) is 11.5. The van der Waals surface area contributed by atoms with Crippen LogP contribution in [0, 0.1) is 0 Å². The highest BCUT2D eigenvalue weighted by Gasteiger charge is 2.16. The summed E-state index contributed by atoms with van der Waals surface area (Å²) in [6, 6.07) is 15.0. The maximum Gasteiger partial charge on any atom is 0.277 e. The van der Waals surface area contributed by atoms with Gasteiger partial charge in [-0.25, -0.2) is 4.68 Å². The predicted octanol–water partition coefficient (Wildman–Crippen LogP) is 6.78. The minimum absolute atomic E-state index is 0.0805. The van der Waals surface area contributed by atoms with Crippen molar-refractivity contribution in [1.82, 2.24) is 19.6 Å². The van der Waals surface area contributed by atoms with Crippen molar-refractivity contribution in [1.29, 1.82) is 0 Å². The van der Waals surface area contributed by atoms with Gasteiger partial charge in [0.2, 0.25) is 0 Å². The van der Waals surface area contributed by atoms with Gasteiger partial charge in [-0.1, -0.05) is 62.2 Å². The van der Waals surface area contributed by atoms with E-state index < -0.39 is 0 Å². The second-order valence-electron chi connectivity index (χ2n) is 9.01. The maximum absolute atomic E-state index is 12.7. The van der Waals surface area contributed by atoms with Crippen LogP contribution >= 0.6 is 39.1 Å². The highest BCUT2D eigenvalue weighted by Crippen LogP contribution is 2.26. The first-order chi connectivity index (χ1) is 16.6. The van der Waals surface area contributed by atoms with Crippen molar-refractivity contribution in [3.8, 4) is 5.75 Å². The van der Waals surface area contributed by atoms with E-state index in [9.17, 15) is 4.79 Å². The zero-order chi connectivity index (χ0) is 25.2. The van der Waals surface area contributed by atoms with Gasteiger partial charge in [0.05, 0.1) is 21.1 Å². The molecule has 182 valence electrons. The van der Waals surface area contributed by atoms with Crippen molar-refractivity contribution >= 4 is 50.9 Å². The minimum atomic E-state index is -0.376. The summed E-state index contributed by atoms with van der Waals surface area (Å²) in [6.45, 7) is 7.14. The topological polar surface area (TPSA) is 74.0 Å². The molecule has 0 fully saturated rings. The number of carbonyl (C=O) groups excluding carboxylic acids is 1. The molecule has 35 heavy (non-hydrogen) atoms. The zero-order valence-corrected chi connectivity index (χ0v) is 22.5. The zero-order valence-electron chi connectivity index (χ0n) is 19.4. The Labute approximate surface area is 222 Å². The van der Waals surface area contributed by atoms with Crippen LogP contribution in [0.1, 0.15) is 42.4 Å². The predicted molar refractivity (Wildman–Crippen MR) is 141 cm³/mol. The molecule has 0 aliphatic rings. The largest absolute Gasteiger partial charge is 0.471 e. The number of ether oxygens (including phenoxy) is 1. The Bertz CT molecular complexity index is 1340. The molecule has 2 aromatic heterocycles. The van der Waals surface area contributed by atoms with E-state index in [1.807, 2.05) is 18.2 Å². The fraction of sp³-hybridized carbons (Fsp3) is 0.240. The van der Waals surface area contributed by atoms with Crippen LogP contribution in [-0.2, 0) is 18.7 Å². The number of carbonyl (C=O) groups is 1. The van der Waals surface area contributed by atoms with Crippen LogP contribution < -0.4 is 10.1 Å². The lowest BCUT2D eigenvalue weighted by Crippen LogP contribution is -2.15. The first kappa shape index (κ1) is 25.3. The fourth-order valence-corrected chi connectivity index (χ4v) is 4.04. The van der Waals surface area contributed by atoms with E-state index in [0.29, 0.717) is 26.9 Å². The molecule has 0 atom stereocenters. The highest BCUT2D eigenvalue weighted by molar-refractivity contribution is 9.10. The molecule has 10 heteroatoms. The van der Waals surface area contributed by atoms with Gasteiger partial charge in [0.1, 0.15) is 5.75 Å². The summed E-state index contributed by atoms with van der Waals surface area (Å²) in [5.41, 5.74) is 2.49. The third-order valence-electron chi connectivity index (χ3n) is 5.23. The number of benzene rings is 2. The van der Waals surface area contributed by atoms with Gasteiger partial charge in [-0.05, 0) is 62.8 Å². The Morgan fingerprint density at radius 3 is 2.46 bits per heavy atom. The Hall–Kier alpha value is -2.81. The summed E-state index contributed by atoms with van der Waals surface area (Å²) in [7, 11) is 0. The number of amides is 1. The molecule has 2 aromatic carbocycles. The molecule has 0 aliphatic carbocycles. The van der Waals surface area contributed by atoms with Gasteiger partial charge < -0.3 is 10.1 Å². The SMILES string of the molecule is CC(C)(C)c1ccc(OCn2ccc(C(=O)Nc3nn(Cc4ccc(Cl)c(Cl)c4)cc3Br)n2)cc1. The second kappa shape index (κ2) is 10.4. The molecule has 0 bridgehead atoms. The number of hydrogen-bond acceptors (Lipinski definition) is 4. The van der Waals surface area contributed by atoms with Gasteiger partial charge in [-0.2, -0.15) is 10.2 Å². The summed E-state index contributed by atoms with van der Waals surface area (Å²) in [5.74, 6) is 0.745. The van der Waals surface area contributed by atoms with Gasteiger partial charge in [-0.3, -0.25) is 9.48 Å².